The highest BCUT2D eigenvalue weighted by atomic mass is 35.5. The Bertz CT molecular complexity index is 1340. The van der Waals surface area contributed by atoms with Gasteiger partial charge in [-0.25, -0.2) is 4.39 Å². The molecule has 0 unspecified atom stereocenters. The number of hydrogen-bond donors (Lipinski definition) is 1. The van der Waals surface area contributed by atoms with Gasteiger partial charge in [-0.1, -0.05) is 22.8 Å². The summed E-state index contributed by atoms with van der Waals surface area (Å²) in [5.74, 6) is -1.04. The first kappa shape index (κ1) is 22.5. The maximum absolute atomic E-state index is 14.7. The molecule has 34 heavy (non-hydrogen) atoms. The van der Waals surface area contributed by atoms with Crippen molar-refractivity contribution in [1.82, 2.24) is 24.9 Å². The van der Waals surface area contributed by atoms with E-state index in [1.165, 1.54) is 30.7 Å². The molecule has 0 spiro atoms. The second-order valence-electron chi connectivity index (χ2n) is 8.33. The SMILES string of the molecule is C[C@]1(O)C[C@@H](n2ncc(-c3onc(-c4c(F)cccc4Cl)c3-c3cnccn3)c2C(F)(F)F)C1. The van der Waals surface area contributed by atoms with E-state index in [0.717, 1.165) is 16.9 Å². The lowest BCUT2D eigenvalue weighted by Crippen LogP contribution is -2.43. The number of rotatable bonds is 4. The summed E-state index contributed by atoms with van der Waals surface area (Å²) in [5, 5.41) is 17.9. The van der Waals surface area contributed by atoms with Gasteiger partial charge in [0.25, 0.3) is 0 Å². The zero-order valence-corrected chi connectivity index (χ0v) is 18.3. The van der Waals surface area contributed by atoms with Gasteiger partial charge in [-0.2, -0.15) is 18.3 Å². The Hall–Kier alpha value is -3.31. The minimum absolute atomic E-state index is 0.00608. The van der Waals surface area contributed by atoms with E-state index < -0.39 is 34.9 Å². The van der Waals surface area contributed by atoms with Crippen molar-refractivity contribution < 1.29 is 27.2 Å². The van der Waals surface area contributed by atoms with Crippen LogP contribution >= 0.6 is 11.6 Å². The molecule has 1 fully saturated rings. The molecular weight excluding hydrogens is 478 g/mol. The van der Waals surface area contributed by atoms with Gasteiger partial charge in [-0.15, -0.1) is 0 Å². The van der Waals surface area contributed by atoms with Gasteiger partial charge in [-0.05, 0) is 31.9 Å². The summed E-state index contributed by atoms with van der Waals surface area (Å²) in [7, 11) is 0. The first-order valence-corrected chi connectivity index (χ1v) is 10.5. The summed E-state index contributed by atoms with van der Waals surface area (Å²) in [6.45, 7) is 1.55. The molecule has 1 aromatic carbocycles. The zero-order chi connectivity index (χ0) is 24.3. The van der Waals surface area contributed by atoms with Crippen molar-refractivity contribution in [2.45, 2.75) is 37.6 Å². The van der Waals surface area contributed by atoms with Crippen molar-refractivity contribution in [3.63, 3.8) is 0 Å². The van der Waals surface area contributed by atoms with E-state index in [9.17, 15) is 22.7 Å². The molecule has 0 amide bonds. The molecule has 1 aliphatic rings. The molecular formula is C22H16ClF4N5O2. The second kappa shape index (κ2) is 7.88. The van der Waals surface area contributed by atoms with Crippen LogP contribution in [-0.2, 0) is 6.18 Å². The molecule has 3 aromatic heterocycles. The average Bonchev–Trinajstić information content (AvgIpc) is 3.37. The molecule has 0 aliphatic heterocycles. The van der Waals surface area contributed by atoms with E-state index in [0.29, 0.717) is 0 Å². The molecule has 12 heteroatoms. The van der Waals surface area contributed by atoms with Crippen molar-refractivity contribution in [3.8, 4) is 33.8 Å². The summed E-state index contributed by atoms with van der Waals surface area (Å²) < 4.78 is 63.7. The van der Waals surface area contributed by atoms with Crippen LogP contribution in [0.15, 0.2) is 47.5 Å². The minimum atomic E-state index is -4.81. The van der Waals surface area contributed by atoms with Crippen molar-refractivity contribution >= 4 is 11.6 Å². The molecule has 7 nitrogen and oxygen atoms in total. The van der Waals surface area contributed by atoms with E-state index in [2.05, 4.69) is 20.2 Å². The Morgan fingerprint density at radius 3 is 2.56 bits per heavy atom. The van der Waals surface area contributed by atoms with Crippen LogP contribution < -0.4 is 0 Å². The highest BCUT2D eigenvalue weighted by molar-refractivity contribution is 6.33. The standard InChI is InChI=1S/C22H16ClF4N5O2/c1-21(33)7-11(8-21)32-20(22(25,26)27)12(9-30-32)19-17(15-10-28-5-6-29-15)18(31-34-19)16-13(23)3-2-4-14(16)24/h2-6,9-11,33H,7-8H2,1H3/t11-,21+. The van der Waals surface area contributed by atoms with E-state index in [4.69, 9.17) is 16.1 Å². The lowest BCUT2D eigenvalue weighted by Gasteiger charge is -2.41. The van der Waals surface area contributed by atoms with E-state index in [1.807, 2.05) is 0 Å². The van der Waals surface area contributed by atoms with Crippen LogP contribution in [-0.4, -0.2) is 35.6 Å². The van der Waals surface area contributed by atoms with Crippen LogP contribution in [0.25, 0.3) is 33.8 Å². The topological polar surface area (TPSA) is 89.9 Å². The van der Waals surface area contributed by atoms with Crippen LogP contribution in [0.1, 0.15) is 31.5 Å². The van der Waals surface area contributed by atoms with Gasteiger partial charge in [0, 0.05) is 12.4 Å². The predicted molar refractivity (Wildman–Crippen MR) is 113 cm³/mol. The molecule has 1 saturated carbocycles. The maximum atomic E-state index is 14.7. The van der Waals surface area contributed by atoms with E-state index in [-0.39, 0.29) is 46.1 Å². The number of benzene rings is 1. The van der Waals surface area contributed by atoms with Crippen molar-refractivity contribution in [2.24, 2.45) is 0 Å². The smallest absolute Gasteiger partial charge is 0.390 e. The quantitative estimate of drug-likeness (QED) is 0.374. The Labute approximate surface area is 195 Å². The number of aromatic nitrogens is 5. The monoisotopic (exact) mass is 493 g/mol. The highest BCUT2D eigenvalue weighted by Gasteiger charge is 2.47. The second-order valence-corrected chi connectivity index (χ2v) is 8.74. The van der Waals surface area contributed by atoms with Crippen LogP contribution in [0.3, 0.4) is 0 Å². The highest BCUT2D eigenvalue weighted by Crippen LogP contribution is 2.49. The van der Waals surface area contributed by atoms with Crippen LogP contribution in [0.2, 0.25) is 5.02 Å². The van der Waals surface area contributed by atoms with Gasteiger partial charge in [0.2, 0.25) is 0 Å². The Balaban J connectivity index is 1.75. The summed E-state index contributed by atoms with van der Waals surface area (Å²) in [6, 6.07) is 3.32. The summed E-state index contributed by atoms with van der Waals surface area (Å²) in [6.07, 6.45) is 0.451. The Kier molecular flexibility index (Phi) is 5.21. The Morgan fingerprint density at radius 2 is 1.94 bits per heavy atom. The first-order chi connectivity index (χ1) is 16.1. The minimum Gasteiger partial charge on any atom is -0.390 e. The zero-order valence-electron chi connectivity index (χ0n) is 17.5. The summed E-state index contributed by atoms with van der Waals surface area (Å²) >= 11 is 6.20. The summed E-state index contributed by atoms with van der Waals surface area (Å²) in [4.78, 5) is 8.13. The van der Waals surface area contributed by atoms with Crippen molar-refractivity contribution in [2.75, 3.05) is 0 Å². The number of aliphatic hydroxyl groups is 1. The molecule has 176 valence electrons. The van der Waals surface area contributed by atoms with Gasteiger partial charge in [0.15, 0.2) is 11.5 Å². The fourth-order valence-electron chi connectivity index (χ4n) is 4.25. The molecule has 0 radical (unpaired) electrons. The third-order valence-corrected chi connectivity index (χ3v) is 6.03. The lowest BCUT2D eigenvalue weighted by atomic mass is 9.77. The molecule has 0 bridgehead atoms. The maximum Gasteiger partial charge on any atom is 0.433 e. The third-order valence-electron chi connectivity index (χ3n) is 5.72. The van der Waals surface area contributed by atoms with Gasteiger partial charge < -0.3 is 9.63 Å². The van der Waals surface area contributed by atoms with E-state index in [1.54, 1.807) is 6.92 Å². The molecule has 0 atom stereocenters. The molecule has 1 N–H and O–H groups in total. The largest absolute Gasteiger partial charge is 0.433 e. The number of hydrogen-bond acceptors (Lipinski definition) is 6. The number of alkyl halides is 3. The van der Waals surface area contributed by atoms with Crippen LogP contribution in [0.4, 0.5) is 17.6 Å². The van der Waals surface area contributed by atoms with E-state index >= 15 is 0 Å². The van der Waals surface area contributed by atoms with Gasteiger partial charge >= 0.3 is 6.18 Å². The van der Waals surface area contributed by atoms with Gasteiger partial charge in [0.1, 0.15) is 11.5 Å². The number of nitrogens with zero attached hydrogens (tertiary/aromatic N) is 5. The predicted octanol–water partition coefficient (Wildman–Crippen LogP) is 5.56. The fourth-order valence-corrected chi connectivity index (χ4v) is 4.50. The normalized spacial score (nSPS) is 20.4. The molecule has 3 heterocycles. The molecule has 5 rings (SSSR count). The first-order valence-electron chi connectivity index (χ1n) is 10.1. The van der Waals surface area contributed by atoms with Gasteiger partial charge in [-0.3, -0.25) is 14.6 Å². The van der Waals surface area contributed by atoms with Gasteiger partial charge in [0.05, 0.1) is 51.4 Å². The van der Waals surface area contributed by atoms with Crippen molar-refractivity contribution in [3.05, 3.63) is 59.5 Å². The third kappa shape index (κ3) is 3.74. The number of halogens is 5. The lowest BCUT2D eigenvalue weighted by molar-refractivity contribution is -0.148. The fraction of sp³-hybridized carbons (Fsp3) is 0.273. The Morgan fingerprint density at radius 1 is 1.18 bits per heavy atom. The summed E-state index contributed by atoms with van der Waals surface area (Å²) in [5.41, 5.74) is -2.69. The molecule has 1 aliphatic carbocycles. The molecule has 4 aromatic rings. The van der Waals surface area contributed by atoms with Crippen LogP contribution in [0.5, 0.6) is 0 Å². The average molecular weight is 494 g/mol. The van der Waals surface area contributed by atoms with Crippen molar-refractivity contribution in [1.29, 1.82) is 0 Å². The van der Waals surface area contributed by atoms with Crippen LogP contribution in [0, 0.1) is 5.82 Å². The molecule has 0 saturated heterocycles.